The van der Waals surface area contributed by atoms with Crippen molar-refractivity contribution in [2.24, 2.45) is 5.41 Å². The molecule has 1 aromatic carbocycles. The highest BCUT2D eigenvalue weighted by Crippen LogP contribution is 2.44. The SMILES string of the molecule is CCc1ccc(OC2CC(=O)C2(C)CC)c([N+](=O)[O-])c1. The predicted octanol–water partition coefficient (Wildman–Crippen LogP) is 3.29. The summed E-state index contributed by atoms with van der Waals surface area (Å²) in [4.78, 5) is 22.4. The van der Waals surface area contributed by atoms with Gasteiger partial charge in [0.1, 0.15) is 11.9 Å². The van der Waals surface area contributed by atoms with Crippen molar-refractivity contribution in [3.05, 3.63) is 33.9 Å². The molecule has 0 aliphatic heterocycles. The van der Waals surface area contributed by atoms with Crippen LogP contribution in [0.3, 0.4) is 0 Å². The molecule has 1 aromatic rings. The maximum atomic E-state index is 11.7. The zero-order chi connectivity index (χ0) is 14.9. The van der Waals surface area contributed by atoms with Crippen LogP contribution >= 0.6 is 0 Å². The Balaban J connectivity index is 2.26. The summed E-state index contributed by atoms with van der Waals surface area (Å²) in [6.45, 7) is 5.73. The van der Waals surface area contributed by atoms with Gasteiger partial charge in [0.05, 0.1) is 10.3 Å². The van der Waals surface area contributed by atoms with Crippen molar-refractivity contribution in [1.29, 1.82) is 0 Å². The van der Waals surface area contributed by atoms with Crippen LogP contribution in [0.4, 0.5) is 5.69 Å². The van der Waals surface area contributed by atoms with E-state index >= 15 is 0 Å². The van der Waals surface area contributed by atoms with Gasteiger partial charge in [-0.25, -0.2) is 0 Å². The van der Waals surface area contributed by atoms with E-state index in [0.29, 0.717) is 12.8 Å². The first-order chi connectivity index (χ1) is 9.42. The fourth-order valence-electron chi connectivity index (χ4n) is 2.45. The molecule has 0 amide bonds. The quantitative estimate of drug-likeness (QED) is 0.611. The number of ketones is 1. The number of aryl methyl sites for hydroxylation is 1. The second-order valence-electron chi connectivity index (χ2n) is 5.42. The molecule has 5 nitrogen and oxygen atoms in total. The fourth-order valence-corrected chi connectivity index (χ4v) is 2.45. The van der Waals surface area contributed by atoms with Crippen LogP contribution in [0, 0.1) is 15.5 Å². The number of rotatable bonds is 5. The van der Waals surface area contributed by atoms with Gasteiger partial charge in [0.2, 0.25) is 0 Å². The lowest BCUT2D eigenvalue weighted by Crippen LogP contribution is -2.54. The molecule has 20 heavy (non-hydrogen) atoms. The van der Waals surface area contributed by atoms with Gasteiger partial charge in [-0.1, -0.05) is 19.9 Å². The van der Waals surface area contributed by atoms with E-state index < -0.39 is 10.3 Å². The van der Waals surface area contributed by atoms with Crippen molar-refractivity contribution >= 4 is 11.5 Å². The van der Waals surface area contributed by atoms with E-state index in [-0.39, 0.29) is 23.3 Å². The van der Waals surface area contributed by atoms with Gasteiger partial charge in [-0.2, -0.15) is 0 Å². The third-order valence-corrected chi connectivity index (χ3v) is 4.35. The summed E-state index contributed by atoms with van der Waals surface area (Å²) in [7, 11) is 0. The summed E-state index contributed by atoms with van der Waals surface area (Å²) >= 11 is 0. The van der Waals surface area contributed by atoms with Crippen LogP contribution in [0.2, 0.25) is 0 Å². The molecule has 1 saturated carbocycles. The van der Waals surface area contributed by atoms with Gasteiger partial charge in [-0.05, 0) is 31.4 Å². The number of hydrogen-bond donors (Lipinski definition) is 0. The molecule has 2 rings (SSSR count). The Morgan fingerprint density at radius 3 is 2.65 bits per heavy atom. The minimum Gasteiger partial charge on any atom is -0.482 e. The van der Waals surface area contributed by atoms with E-state index in [2.05, 4.69) is 0 Å². The van der Waals surface area contributed by atoms with E-state index in [1.54, 1.807) is 12.1 Å². The van der Waals surface area contributed by atoms with E-state index in [1.807, 2.05) is 26.8 Å². The van der Waals surface area contributed by atoms with Crippen molar-refractivity contribution in [2.45, 2.75) is 46.1 Å². The number of carbonyl (C=O) groups is 1. The molecule has 0 heterocycles. The lowest BCUT2D eigenvalue weighted by molar-refractivity contribution is -0.386. The molecule has 1 fully saturated rings. The number of Topliss-reactive ketones (excluding diaryl/α,β-unsaturated/α-hetero) is 1. The Bertz CT molecular complexity index is 555. The summed E-state index contributed by atoms with van der Waals surface area (Å²) in [5.74, 6) is 0.419. The average Bonchev–Trinajstić information content (AvgIpc) is 2.45. The molecule has 0 N–H and O–H groups in total. The number of carbonyl (C=O) groups excluding carboxylic acids is 1. The Morgan fingerprint density at radius 2 is 2.15 bits per heavy atom. The molecule has 0 saturated heterocycles. The van der Waals surface area contributed by atoms with Gasteiger partial charge in [0.25, 0.3) is 0 Å². The Hall–Kier alpha value is -1.91. The van der Waals surface area contributed by atoms with Crippen LogP contribution in [-0.4, -0.2) is 16.8 Å². The normalized spacial score (nSPS) is 25.1. The summed E-state index contributed by atoms with van der Waals surface area (Å²) in [6.07, 6.45) is 1.47. The third-order valence-electron chi connectivity index (χ3n) is 4.35. The average molecular weight is 277 g/mol. The van der Waals surface area contributed by atoms with Crippen molar-refractivity contribution in [3.63, 3.8) is 0 Å². The molecule has 2 unspecified atom stereocenters. The minimum absolute atomic E-state index is 0.0258. The monoisotopic (exact) mass is 277 g/mol. The number of ether oxygens (including phenoxy) is 1. The summed E-state index contributed by atoms with van der Waals surface area (Å²) in [5.41, 5.74) is 0.353. The van der Waals surface area contributed by atoms with Crippen LogP contribution in [0.5, 0.6) is 5.75 Å². The fraction of sp³-hybridized carbons (Fsp3) is 0.533. The van der Waals surface area contributed by atoms with E-state index in [0.717, 1.165) is 12.0 Å². The molecule has 0 radical (unpaired) electrons. The third kappa shape index (κ3) is 2.28. The molecule has 1 aliphatic carbocycles. The highest BCUT2D eigenvalue weighted by molar-refractivity contribution is 5.92. The van der Waals surface area contributed by atoms with Crippen molar-refractivity contribution < 1.29 is 14.5 Å². The number of benzene rings is 1. The molecule has 0 bridgehead atoms. The van der Waals surface area contributed by atoms with E-state index in [9.17, 15) is 14.9 Å². The Kier molecular flexibility index (Phi) is 3.79. The standard InChI is InChI=1S/C15H19NO4/c1-4-10-6-7-12(11(8-10)16(18)19)20-14-9-13(17)15(14,3)5-2/h6-8,14H,4-5,9H2,1-3H3. The topological polar surface area (TPSA) is 69.4 Å². The second kappa shape index (κ2) is 5.23. The number of nitro groups is 1. The van der Waals surface area contributed by atoms with Crippen LogP contribution in [0.15, 0.2) is 18.2 Å². The van der Waals surface area contributed by atoms with Gasteiger partial charge >= 0.3 is 5.69 Å². The first-order valence-corrected chi connectivity index (χ1v) is 6.89. The second-order valence-corrected chi connectivity index (χ2v) is 5.42. The lowest BCUT2D eigenvalue weighted by Gasteiger charge is -2.44. The zero-order valence-electron chi connectivity index (χ0n) is 12.0. The van der Waals surface area contributed by atoms with E-state index in [1.165, 1.54) is 0 Å². The molecule has 2 atom stereocenters. The maximum Gasteiger partial charge on any atom is 0.311 e. The molecule has 1 aliphatic rings. The summed E-state index contributed by atoms with van der Waals surface area (Å²) in [6, 6.07) is 5.00. The van der Waals surface area contributed by atoms with Gasteiger partial charge in [-0.3, -0.25) is 14.9 Å². The van der Waals surface area contributed by atoms with Gasteiger partial charge in [-0.15, -0.1) is 0 Å². The number of hydrogen-bond acceptors (Lipinski definition) is 4. The van der Waals surface area contributed by atoms with Crippen LogP contribution in [0.1, 0.15) is 39.2 Å². The maximum absolute atomic E-state index is 11.7. The highest BCUT2D eigenvalue weighted by Gasteiger charge is 2.52. The van der Waals surface area contributed by atoms with Crippen molar-refractivity contribution in [1.82, 2.24) is 0 Å². The smallest absolute Gasteiger partial charge is 0.311 e. The first-order valence-electron chi connectivity index (χ1n) is 6.89. The van der Waals surface area contributed by atoms with Gasteiger partial charge in [0.15, 0.2) is 5.75 Å². The largest absolute Gasteiger partial charge is 0.482 e. The lowest BCUT2D eigenvalue weighted by atomic mass is 9.64. The molecule has 108 valence electrons. The molecular weight excluding hydrogens is 258 g/mol. The van der Waals surface area contributed by atoms with Crippen molar-refractivity contribution in [3.8, 4) is 5.75 Å². The van der Waals surface area contributed by atoms with Crippen LogP contribution in [0.25, 0.3) is 0 Å². The Morgan fingerprint density at radius 1 is 1.45 bits per heavy atom. The minimum atomic E-state index is -0.517. The summed E-state index contributed by atoms with van der Waals surface area (Å²) in [5, 5.41) is 11.1. The zero-order valence-corrected chi connectivity index (χ0v) is 12.0. The number of nitro benzene ring substituents is 1. The molecular formula is C15H19NO4. The molecule has 5 heteroatoms. The van der Waals surface area contributed by atoms with E-state index in [4.69, 9.17) is 4.74 Å². The predicted molar refractivity (Wildman–Crippen MR) is 74.9 cm³/mol. The van der Waals surface area contributed by atoms with Gasteiger partial charge < -0.3 is 4.74 Å². The molecule has 0 spiro atoms. The highest BCUT2D eigenvalue weighted by atomic mass is 16.6. The molecule has 0 aromatic heterocycles. The van der Waals surface area contributed by atoms with Crippen molar-refractivity contribution in [2.75, 3.05) is 0 Å². The summed E-state index contributed by atoms with van der Waals surface area (Å²) < 4.78 is 5.76. The van der Waals surface area contributed by atoms with Gasteiger partial charge in [0, 0.05) is 12.5 Å². The number of nitrogens with zero attached hydrogens (tertiary/aromatic N) is 1. The van der Waals surface area contributed by atoms with Crippen LogP contribution in [-0.2, 0) is 11.2 Å². The Labute approximate surface area is 118 Å². The van der Waals surface area contributed by atoms with Crippen LogP contribution < -0.4 is 4.74 Å². The first kappa shape index (κ1) is 14.5.